The lowest BCUT2D eigenvalue weighted by atomic mass is 10.0. The van der Waals surface area contributed by atoms with Gasteiger partial charge in [-0.15, -0.1) is 0 Å². The van der Waals surface area contributed by atoms with Crippen LogP contribution >= 0.6 is 0 Å². The van der Waals surface area contributed by atoms with Crippen molar-refractivity contribution in [2.45, 2.75) is 6.92 Å². The number of nitrogens with two attached hydrogens (primary N) is 1. The Bertz CT molecular complexity index is 538. The van der Waals surface area contributed by atoms with E-state index in [4.69, 9.17) is 11.0 Å². The van der Waals surface area contributed by atoms with E-state index >= 15 is 0 Å². The Hall–Kier alpha value is -2.08. The van der Waals surface area contributed by atoms with E-state index in [0.717, 1.165) is 16.5 Å². The fourth-order valence-electron chi connectivity index (χ4n) is 1.54. The molecule has 0 aliphatic heterocycles. The number of hydrogen-bond donors (Lipinski definition) is 1. The van der Waals surface area contributed by atoms with Gasteiger partial charge in [-0.2, -0.15) is 5.26 Å². The molecule has 0 amide bonds. The van der Waals surface area contributed by atoms with Crippen LogP contribution in [0.4, 0.5) is 5.69 Å². The molecular formula is C11H9N3. The average molecular weight is 183 g/mol. The lowest BCUT2D eigenvalue weighted by molar-refractivity contribution is 1.36. The van der Waals surface area contributed by atoms with Crippen molar-refractivity contribution in [3.8, 4) is 6.07 Å². The highest BCUT2D eigenvalue weighted by Gasteiger charge is 2.06. The van der Waals surface area contributed by atoms with Crippen LogP contribution in [0, 0.1) is 18.3 Å². The maximum atomic E-state index is 8.85. The molecule has 0 atom stereocenters. The van der Waals surface area contributed by atoms with Crippen molar-refractivity contribution in [1.82, 2.24) is 4.98 Å². The van der Waals surface area contributed by atoms with E-state index in [1.165, 1.54) is 0 Å². The monoisotopic (exact) mass is 183 g/mol. The van der Waals surface area contributed by atoms with Gasteiger partial charge in [-0.1, -0.05) is 0 Å². The number of aryl methyl sites for hydroxylation is 1. The van der Waals surface area contributed by atoms with Crippen molar-refractivity contribution in [3.05, 3.63) is 35.5 Å². The summed E-state index contributed by atoms with van der Waals surface area (Å²) in [6.45, 7) is 1.93. The molecule has 68 valence electrons. The zero-order valence-corrected chi connectivity index (χ0v) is 7.78. The van der Waals surface area contributed by atoms with Crippen molar-refractivity contribution >= 4 is 16.6 Å². The predicted molar refractivity (Wildman–Crippen MR) is 55.6 cm³/mol. The second kappa shape index (κ2) is 3.00. The van der Waals surface area contributed by atoms with Crippen molar-refractivity contribution in [2.75, 3.05) is 5.73 Å². The van der Waals surface area contributed by atoms with Gasteiger partial charge in [0, 0.05) is 11.6 Å². The van der Waals surface area contributed by atoms with Gasteiger partial charge in [-0.3, -0.25) is 4.98 Å². The number of rotatable bonds is 0. The van der Waals surface area contributed by atoms with Gasteiger partial charge in [0.15, 0.2) is 0 Å². The van der Waals surface area contributed by atoms with Crippen LogP contribution in [0.25, 0.3) is 10.9 Å². The normalized spacial score (nSPS) is 10.0. The molecule has 1 heterocycles. The van der Waals surface area contributed by atoms with E-state index in [1.54, 1.807) is 12.3 Å². The van der Waals surface area contributed by atoms with Crippen molar-refractivity contribution in [3.63, 3.8) is 0 Å². The number of fused-ring (bicyclic) bond motifs is 1. The number of nitrogen functional groups attached to an aromatic ring is 1. The van der Waals surface area contributed by atoms with Crippen LogP contribution in [0.5, 0.6) is 0 Å². The van der Waals surface area contributed by atoms with Gasteiger partial charge in [-0.05, 0) is 30.7 Å². The first kappa shape index (κ1) is 8.52. The van der Waals surface area contributed by atoms with Crippen LogP contribution in [0.15, 0.2) is 24.4 Å². The first-order chi connectivity index (χ1) is 6.74. The third-order valence-electron chi connectivity index (χ3n) is 2.24. The molecule has 0 saturated heterocycles. The van der Waals surface area contributed by atoms with E-state index in [9.17, 15) is 0 Å². The van der Waals surface area contributed by atoms with Crippen LogP contribution in [0.2, 0.25) is 0 Å². The smallest absolute Gasteiger partial charge is 0.101 e. The lowest BCUT2D eigenvalue weighted by Crippen LogP contribution is -1.95. The van der Waals surface area contributed by atoms with Gasteiger partial charge in [0.2, 0.25) is 0 Å². The van der Waals surface area contributed by atoms with E-state index < -0.39 is 0 Å². The molecule has 0 saturated carbocycles. The van der Waals surface area contributed by atoms with E-state index in [1.807, 2.05) is 19.1 Å². The molecular weight excluding hydrogens is 174 g/mol. The van der Waals surface area contributed by atoms with Crippen molar-refractivity contribution < 1.29 is 0 Å². The maximum absolute atomic E-state index is 8.85. The predicted octanol–water partition coefficient (Wildman–Crippen LogP) is 2.00. The van der Waals surface area contributed by atoms with Gasteiger partial charge >= 0.3 is 0 Å². The molecule has 0 unspecified atom stereocenters. The third kappa shape index (κ3) is 1.09. The maximum Gasteiger partial charge on any atom is 0.101 e. The number of benzene rings is 1. The molecule has 0 aliphatic carbocycles. The largest absolute Gasteiger partial charge is 0.397 e. The van der Waals surface area contributed by atoms with Crippen LogP contribution in [-0.4, -0.2) is 4.98 Å². The fraction of sp³-hybridized carbons (Fsp3) is 0.0909. The molecule has 0 fully saturated rings. The highest BCUT2D eigenvalue weighted by molar-refractivity contribution is 5.95. The van der Waals surface area contributed by atoms with Gasteiger partial charge in [0.1, 0.15) is 6.07 Å². The Morgan fingerprint density at radius 3 is 3.00 bits per heavy atom. The molecule has 0 aliphatic rings. The number of nitrogens with zero attached hydrogens (tertiary/aromatic N) is 2. The number of aromatic nitrogens is 1. The van der Waals surface area contributed by atoms with Gasteiger partial charge in [-0.25, -0.2) is 0 Å². The second-order valence-electron chi connectivity index (χ2n) is 3.17. The minimum Gasteiger partial charge on any atom is -0.397 e. The molecule has 1 aromatic heterocycles. The molecule has 0 radical (unpaired) electrons. The first-order valence-electron chi connectivity index (χ1n) is 4.28. The summed E-state index contributed by atoms with van der Waals surface area (Å²) < 4.78 is 0. The summed E-state index contributed by atoms with van der Waals surface area (Å²) in [7, 11) is 0. The molecule has 2 aromatic rings. The third-order valence-corrected chi connectivity index (χ3v) is 2.24. The molecule has 3 nitrogen and oxygen atoms in total. The number of pyridine rings is 1. The van der Waals surface area contributed by atoms with Crippen molar-refractivity contribution in [2.24, 2.45) is 0 Å². The molecule has 2 rings (SSSR count). The second-order valence-corrected chi connectivity index (χ2v) is 3.17. The summed E-state index contributed by atoms with van der Waals surface area (Å²) in [4.78, 5) is 4.23. The Kier molecular flexibility index (Phi) is 1.83. The summed E-state index contributed by atoms with van der Waals surface area (Å²) >= 11 is 0. The summed E-state index contributed by atoms with van der Waals surface area (Å²) in [6, 6.07) is 7.54. The Morgan fingerprint density at radius 1 is 1.50 bits per heavy atom. The molecule has 14 heavy (non-hydrogen) atoms. The summed E-state index contributed by atoms with van der Waals surface area (Å²) in [5.41, 5.74) is 8.71. The van der Waals surface area contributed by atoms with Crippen LogP contribution in [-0.2, 0) is 0 Å². The zero-order chi connectivity index (χ0) is 10.1. The summed E-state index contributed by atoms with van der Waals surface area (Å²) in [5.74, 6) is 0. The van der Waals surface area contributed by atoms with Crippen molar-refractivity contribution in [1.29, 1.82) is 5.26 Å². The molecule has 0 spiro atoms. The van der Waals surface area contributed by atoms with Crippen LogP contribution < -0.4 is 5.73 Å². The Balaban J connectivity index is 2.96. The fourth-order valence-corrected chi connectivity index (χ4v) is 1.54. The average Bonchev–Trinajstić information content (AvgIpc) is 2.23. The number of anilines is 1. The highest BCUT2D eigenvalue weighted by atomic mass is 14.7. The highest BCUT2D eigenvalue weighted by Crippen LogP contribution is 2.25. The summed E-state index contributed by atoms with van der Waals surface area (Å²) in [6.07, 6.45) is 1.72. The Morgan fingerprint density at radius 2 is 2.29 bits per heavy atom. The van der Waals surface area contributed by atoms with E-state index in [0.29, 0.717) is 11.3 Å². The Labute approximate surface area is 81.8 Å². The topological polar surface area (TPSA) is 62.7 Å². The standard InChI is InChI=1S/C11H9N3/c1-7-5-8(6-12)10(13)9-3-2-4-14-11(7)9/h2-5H,13H2,1H3. The minimum atomic E-state index is 0.515. The summed E-state index contributed by atoms with van der Waals surface area (Å²) in [5, 5.41) is 9.70. The van der Waals surface area contributed by atoms with Gasteiger partial charge in [0.25, 0.3) is 0 Å². The SMILES string of the molecule is Cc1cc(C#N)c(N)c2cccnc12. The van der Waals surface area contributed by atoms with E-state index in [2.05, 4.69) is 11.1 Å². The van der Waals surface area contributed by atoms with E-state index in [-0.39, 0.29) is 0 Å². The van der Waals surface area contributed by atoms with Gasteiger partial charge < -0.3 is 5.73 Å². The molecule has 2 N–H and O–H groups in total. The first-order valence-corrected chi connectivity index (χ1v) is 4.28. The van der Waals surface area contributed by atoms with Gasteiger partial charge in [0.05, 0.1) is 16.8 Å². The zero-order valence-electron chi connectivity index (χ0n) is 7.78. The number of hydrogen-bond acceptors (Lipinski definition) is 3. The molecule has 0 bridgehead atoms. The lowest BCUT2D eigenvalue weighted by Gasteiger charge is -2.05. The molecule has 3 heteroatoms. The van der Waals surface area contributed by atoms with Crippen LogP contribution in [0.3, 0.4) is 0 Å². The quantitative estimate of drug-likeness (QED) is 0.635. The van der Waals surface area contributed by atoms with Crippen LogP contribution in [0.1, 0.15) is 11.1 Å². The minimum absolute atomic E-state index is 0.515. The molecule has 1 aromatic carbocycles. The number of nitriles is 1.